The topological polar surface area (TPSA) is 75.7 Å². The van der Waals surface area contributed by atoms with Crippen molar-refractivity contribution in [1.29, 1.82) is 0 Å². The molecule has 0 spiro atoms. The Hall–Kier alpha value is -1.78. The summed E-state index contributed by atoms with van der Waals surface area (Å²) in [4.78, 5) is 5.15. The fraction of sp³-hybridized carbons (Fsp3) is 0.524. The van der Waals surface area contributed by atoms with E-state index in [1.165, 1.54) is 0 Å². The Labute approximate surface area is 153 Å². The molecule has 4 N–H and O–H groups in total. The maximum atomic E-state index is 10.2. The van der Waals surface area contributed by atoms with Crippen LogP contribution in [0.3, 0.4) is 0 Å². The molecule has 0 unspecified atom stereocenters. The fourth-order valence-corrected chi connectivity index (χ4v) is 2.52. The lowest BCUT2D eigenvalue weighted by Crippen LogP contribution is -2.31. The Morgan fingerprint density at radius 2 is 1.40 bits per heavy atom. The summed E-state index contributed by atoms with van der Waals surface area (Å²) in [6, 6.07) is 8.57. The minimum absolute atomic E-state index is 0.132. The van der Waals surface area contributed by atoms with Gasteiger partial charge in [-0.05, 0) is 36.4 Å². The first-order chi connectivity index (χ1) is 12.1. The Morgan fingerprint density at radius 3 is 1.84 bits per heavy atom. The molecule has 0 radical (unpaired) electrons. The number of rotatable bonds is 4. The van der Waals surface area contributed by atoms with Crippen LogP contribution in [0.1, 0.15) is 73.8 Å². The largest absolute Gasteiger partial charge is 0.508 e. The molecule has 0 aromatic heterocycles. The van der Waals surface area contributed by atoms with E-state index in [-0.39, 0.29) is 11.5 Å². The summed E-state index contributed by atoms with van der Waals surface area (Å²) in [6.07, 6.45) is 1.26. The van der Waals surface area contributed by atoms with Crippen LogP contribution in [0.15, 0.2) is 30.3 Å². The molecule has 0 amide bonds. The van der Waals surface area contributed by atoms with Crippen molar-refractivity contribution in [3.8, 4) is 11.5 Å². The summed E-state index contributed by atoms with van der Waals surface area (Å²) in [5.41, 5.74) is -0.130. The molecule has 0 fully saturated rings. The molecule has 0 bridgehead atoms. The number of phenolic OH excluding ortho intramolecular Hbond substituents is 2. The third-order valence-electron chi connectivity index (χ3n) is 3.83. The molecular formula is C21H37NO3. The van der Waals surface area contributed by atoms with E-state index in [0.717, 1.165) is 5.39 Å². The molecule has 25 heavy (non-hydrogen) atoms. The van der Waals surface area contributed by atoms with Crippen molar-refractivity contribution in [3.05, 3.63) is 35.9 Å². The van der Waals surface area contributed by atoms with E-state index in [9.17, 15) is 10.2 Å². The third-order valence-corrected chi connectivity index (χ3v) is 3.83. The van der Waals surface area contributed by atoms with Gasteiger partial charge in [-0.2, -0.15) is 0 Å². The van der Waals surface area contributed by atoms with Crippen LogP contribution < -0.4 is 5.90 Å². The smallest absolute Gasteiger partial charge is 0.123 e. The predicted octanol–water partition coefficient (Wildman–Crippen LogP) is 6.24. The number of hydrogen-bond acceptors (Lipinski definition) is 4. The molecule has 2 aromatic carbocycles. The van der Waals surface area contributed by atoms with E-state index in [1.807, 2.05) is 61.5 Å². The summed E-state index contributed by atoms with van der Waals surface area (Å²) in [6.45, 7) is 15.9. The van der Waals surface area contributed by atoms with E-state index in [4.69, 9.17) is 10.7 Å². The van der Waals surface area contributed by atoms with Crippen molar-refractivity contribution >= 4 is 10.8 Å². The molecule has 0 aliphatic carbocycles. The highest BCUT2D eigenvalue weighted by Crippen LogP contribution is 2.40. The van der Waals surface area contributed by atoms with Crippen LogP contribution in [-0.4, -0.2) is 10.2 Å². The molecule has 2 rings (SSSR count). The summed E-state index contributed by atoms with van der Waals surface area (Å²) < 4.78 is 0. The average molecular weight is 352 g/mol. The second kappa shape index (κ2) is 13.5. The van der Waals surface area contributed by atoms with Gasteiger partial charge in [-0.25, -0.2) is 5.90 Å². The van der Waals surface area contributed by atoms with Crippen LogP contribution >= 0.6 is 0 Å². The van der Waals surface area contributed by atoms with Crippen LogP contribution in [0.4, 0.5) is 0 Å². The van der Waals surface area contributed by atoms with Crippen LogP contribution in [0.2, 0.25) is 0 Å². The first-order valence-electron chi connectivity index (χ1n) is 9.41. The number of benzene rings is 2. The quantitative estimate of drug-likeness (QED) is 0.570. The number of aromatic hydroxyl groups is 2. The molecule has 0 aliphatic heterocycles. The lowest BCUT2D eigenvalue weighted by molar-refractivity contribution is -0.0607. The van der Waals surface area contributed by atoms with Crippen molar-refractivity contribution in [2.45, 2.75) is 73.8 Å². The molecule has 0 aliphatic rings. The Kier molecular flexibility index (Phi) is 13.8. The molecule has 0 saturated carbocycles. The van der Waals surface area contributed by atoms with Gasteiger partial charge in [0, 0.05) is 10.9 Å². The number of nitrogens with two attached hydrogens (primary N) is 1. The van der Waals surface area contributed by atoms with E-state index < -0.39 is 5.60 Å². The number of hydrogen-bond donors (Lipinski definition) is 3. The first-order valence-corrected chi connectivity index (χ1v) is 9.41. The summed E-state index contributed by atoms with van der Waals surface area (Å²) in [5, 5.41) is 21.6. The van der Waals surface area contributed by atoms with Crippen LogP contribution in [0, 0.1) is 0 Å². The zero-order valence-corrected chi connectivity index (χ0v) is 17.2. The summed E-state index contributed by atoms with van der Waals surface area (Å²) >= 11 is 0. The van der Waals surface area contributed by atoms with Gasteiger partial charge in [-0.3, -0.25) is 4.84 Å². The summed E-state index contributed by atoms with van der Waals surface area (Å²) in [7, 11) is 0. The zero-order valence-electron chi connectivity index (χ0n) is 17.2. The third kappa shape index (κ3) is 5.91. The molecule has 4 heteroatoms. The number of fused-ring (bicyclic) bond motifs is 1. The van der Waals surface area contributed by atoms with Gasteiger partial charge in [0.25, 0.3) is 0 Å². The first kappa shape index (κ1) is 25.5. The summed E-state index contributed by atoms with van der Waals surface area (Å²) in [5.74, 6) is 5.75. The molecular weight excluding hydrogens is 314 g/mol. The van der Waals surface area contributed by atoms with Crippen molar-refractivity contribution in [2.24, 2.45) is 5.90 Å². The van der Waals surface area contributed by atoms with Crippen LogP contribution in [-0.2, 0) is 10.4 Å². The van der Waals surface area contributed by atoms with Gasteiger partial charge < -0.3 is 10.2 Å². The van der Waals surface area contributed by atoms with Crippen molar-refractivity contribution in [1.82, 2.24) is 0 Å². The van der Waals surface area contributed by atoms with Crippen LogP contribution in [0.25, 0.3) is 10.8 Å². The fourth-order valence-electron chi connectivity index (χ4n) is 2.52. The Balaban J connectivity index is 0. The van der Waals surface area contributed by atoms with Crippen molar-refractivity contribution in [3.63, 3.8) is 0 Å². The lowest BCUT2D eigenvalue weighted by atomic mass is 9.86. The van der Waals surface area contributed by atoms with Crippen LogP contribution in [0.5, 0.6) is 11.5 Å². The second-order valence-corrected chi connectivity index (χ2v) is 4.69. The monoisotopic (exact) mass is 351 g/mol. The normalized spacial score (nSPS) is 9.80. The van der Waals surface area contributed by atoms with Gasteiger partial charge in [0.1, 0.15) is 17.1 Å². The van der Waals surface area contributed by atoms with E-state index in [1.54, 1.807) is 24.3 Å². The highest BCUT2D eigenvalue weighted by molar-refractivity contribution is 5.90. The molecule has 144 valence electrons. The number of phenols is 2. The molecule has 0 saturated heterocycles. The van der Waals surface area contributed by atoms with Gasteiger partial charge in [-0.15, -0.1) is 0 Å². The minimum Gasteiger partial charge on any atom is -0.508 e. The van der Waals surface area contributed by atoms with Gasteiger partial charge in [0.2, 0.25) is 0 Å². The lowest BCUT2D eigenvalue weighted by Gasteiger charge is -2.30. The molecule has 0 atom stereocenters. The Morgan fingerprint density at radius 1 is 0.880 bits per heavy atom. The maximum absolute atomic E-state index is 10.2. The highest BCUT2D eigenvalue weighted by atomic mass is 16.6. The highest BCUT2D eigenvalue weighted by Gasteiger charge is 2.32. The Bertz CT molecular complexity index is 585. The van der Waals surface area contributed by atoms with Gasteiger partial charge in [0.05, 0.1) is 0 Å². The maximum Gasteiger partial charge on any atom is 0.123 e. The molecule has 0 heterocycles. The van der Waals surface area contributed by atoms with E-state index >= 15 is 0 Å². The van der Waals surface area contributed by atoms with E-state index in [0.29, 0.717) is 23.8 Å². The van der Waals surface area contributed by atoms with Gasteiger partial charge in [-0.1, -0.05) is 67.5 Å². The predicted molar refractivity (Wildman–Crippen MR) is 109 cm³/mol. The molecule has 2 aromatic rings. The second-order valence-electron chi connectivity index (χ2n) is 4.69. The van der Waals surface area contributed by atoms with Crippen molar-refractivity contribution in [2.75, 3.05) is 0 Å². The van der Waals surface area contributed by atoms with E-state index in [2.05, 4.69) is 0 Å². The van der Waals surface area contributed by atoms with Gasteiger partial charge in [0.15, 0.2) is 0 Å². The van der Waals surface area contributed by atoms with Crippen molar-refractivity contribution < 1.29 is 15.1 Å². The molecule has 4 nitrogen and oxygen atoms in total. The zero-order chi connectivity index (χ0) is 20.0. The standard InChI is InChI=1S/C15H19NO3.3C2H6/c1-3-15(4-2,19-16)12-9-11-10(8-14(12)18)6-5-7-13(11)17;3*1-2/h5-9,17-18H,3-4,16H2,1-2H3;3*1-2H3. The average Bonchev–Trinajstić information content (AvgIpc) is 2.69. The van der Waals surface area contributed by atoms with Gasteiger partial charge >= 0.3 is 0 Å². The minimum atomic E-state index is -0.736. The SMILES string of the molecule is CC.CC.CC.CCC(CC)(ON)c1cc2c(O)cccc2cc1O.